The standard InChI is InChI=1S/C21H27N3O2/c1-6-21(25)26-16-15-24(19-11-7-17(8-12-19)22(2)3)20-13-9-18(10-14-20)23(4)5/h6-14H,1,15-16H2,2-5H3. The first-order valence-corrected chi connectivity index (χ1v) is 8.54. The van der Waals surface area contributed by atoms with E-state index in [4.69, 9.17) is 4.74 Å². The van der Waals surface area contributed by atoms with Crippen LogP contribution in [0.1, 0.15) is 0 Å². The quantitative estimate of drug-likeness (QED) is 0.534. The summed E-state index contributed by atoms with van der Waals surface area (Å²) in [6.45, 7) is 4.27. The zero-order chi connectivity index (χ0) is 19.1. The monoisotopic (exact) mass is 353 g/mol. The van der Waals surface area contributed by atoms with Crippen LogP contribution in [0.25, 0.3) is 0 Å². The molecule has 5 nitrogen and oxygen atoms in total. The first-order chi connectivity index (χ1) is 12.4. The van der Waals surface area contributed by atoms with Crippen LogP contribution in [0.5, 0.6) is 0 Å². The molecule has 0 fully saturated rings. The van der Waals surface area contributed by atoms with Gasteiger partial charge in [0.05, 0.1) is 6.54 Å². The molecular formula is C21H27N3O2. The Bertz CT molecular complexity index is 670. The smallest absolute Gasteiger partial charge is 0.330 e. The minimum atomic E-state index is -0.407. The van der Waals surface area contributed by atoms with Gasteiger partial charge in [-0.15, -0.1) is 0 Å². The summed E-state index contributed by atoms with van der Waals surface area (Å²) >= 11 is 0. The molecule has 138 valence electrons. The van der Waals surface area contributed by atoms with Gasteiger partial charge in [-0.2, -0.15) is 0 Å². The van der Waals surface area contributed by atoms with E-state index in [9.17, 15) is 4.79 Å². The van der Waals surface area contributed by atoms with Crippen LogP contribution in [-0.4, -0.2) is 47.3 Å². The molecule has 0 spiro atoms. The third kappa shape index (κ3) is 5.02. The summed E-state index contributed by atoms with van der Waals surface area (Å²) in [5.74, 6) is -0.407. The minimum Gasteiger partial charge on any atom is -0.461 e. The van der Waals surface area contributed by atoms with Crippen LogP contribution in [0, 0.1) is 0 Å². The van der Waals surface area contributed by atoms with Crippen LogP contribution >= 0.6 is 0 Å². The lowest BCUT2D eigenvalue weighted by Gasteiger charge is -2.26. The number of carbonyl (C=O) groups excluding carboxylic acids is 1. The van der Waals surface area contributed by atoms with Crippen molar-refractivity contribution in [2.75, 3.05) is 56.0 Å². The molecule has 2 aromatic carbocycles. The predicted molar refractivity (Wildman–Crippen MR) is 110 cm³/mol. The predicted octanol–water partition coefficient (Wildman–Crippen LogP) is 3.69. The third-order valence-corrected chi connectivity index (χ3v) is 4.08. The Hall–Kier alpha value is -2.95. The second-order valence-corrected chi connectivity index (χ2v) is 6.34. The summed E-state index contributed by atoms with van der Waals surface area (Å²) < 4.78 is 5.17. The fourth-order valence-electron chi connectivity index (χ4n) is 2.57. The molecule has 2 rings (SSSR count). The molecule has 0 aliphatic rings. The maximum atomic E-state index is 11.3. The molecule has 0 aliphatic carbocycles. The van der Waals surface area contributed by atoms with E-state index in [1.54, 1.807) is 0 Å². The molecule has 0 aromatic heterocycles. The van der Waals surface area contributed by atoms with Crippen molar-refractivity contribution in [3.8, 4) is 0 Å². The van der Waals surface area contributed by atoms with Crippen molar-refractivity contribution in [2.24, 2.45) is 0 Å². The molecule has 2 aromatic rings. The lowest BCUT2D eigenvalue weighted by atomic mass is 10.2. The highest BCUT2D eigenvalue weighted by molar-refractivity contribution is 5.81. The number of benzene rings is 2. The van der Waals surface area contributed by atoms with E-state index in [0.29, 0.717) is 6.54 Å². The number of ether oxygens (including phenoxy) is 1. The summed E-state index contributed by atoms with van der Waals surface area (Å²) in [5.41, 5.74) is 4.36. The number of esters is 1. The Morgan fingerprint density at radius 2 is 1.23 bits per heavy atom. The molecule has 5 heteroatoms. The van der Waals surface area contributed by atoms with E-state index in [0.717, 1.165) is 22.7 Å². The first kappa shape index (κ1) is 19.4. The van der Waals surface area contributed by atoms with Gasteiger partial charge in [0, 0.05) is 57.0 Å². The Morgan fingerprint density at radius 1 is 0.846 bits per heavy atom. The van der Waals surface area contributed by atoms with Crippen LogP contribution in [-0.2, 0) is 9.53 Å². The van der Waals surface area contributed by atoms with Crippen LogP contribution in [0.3, 0.4) is 0 Å². The largest absolute Gasteiger partial charge is 0.461 e. The van der Waals surface area contributed by atoms with Crippen LogP contribution < -0.4 is 14.7 Å². The molecule has 0 bridgehead atoms. The van der Waals surface area contributed by atoms with Gasteiger partial charge in [0.15, 0.2) is 0 Å². The van der Waals surface area contributed by atoms with Crippen molar-refractivity contribution >= 4 is 28.7 Å². The Labute approximate surface area is 156 Å². The highest BCUT2D eigenvalue weighted by atomic mass is 16.5. The molecule has 0 heterocycles. The lowest BCUT2D eigenvalue weighted by Crippen LogP contribution is -2.23. The molecule has 0 unspecified atom stereocenters. The van der Waals surface area contributed by atoms with E-state index in [1.165, 1.54) is 6.08 Å². The summed E-state index contributed by atoms with van der Waals surface area (Å²) in [4.78, 5) is 17.6. The molecule has 0 amide bonds. The molecule has 0 radical (unpaired) electrons. The van der Waals surface area contributed by atoms with E-state index < -0.39 is 5.97 Å². The summed E-state index contributed by atoms with van der Waals surface area (Å²) in [5, 5.41) is 0. The normalized spacial score (nSPS) is 10.2. The maximum absolute atomic E-state index is 11.3. The van der Waals surface area contributed by atoms with Gasteiger partial charge in [0.2, 0.25) is 0 Å². The Kier molecular flexibility index (Phi) is 6.67. The molecule has 0 saturated carbocycles. The number of rotatable bonds is 8. The molecule has 0 N–H and O–H groups in total. The summed E-state index contributed by atoms with van der Waals surface area (Å²) in [6.07, 6.45) is 1.18. The van der Waals surface area contributed by atoms with Crippen molar-refractivity contribution in [1.82, 2.24) is 0 Å². The zero-order valence-corrected chi connectivity index (χ0v) is 16.0. The average molecular weight is 353 g/mol. The van der Waals surface area contributed by atoms with E-state index in [-0.39, 0.29) is 6.61 Å². The second-order valence-electron chi connectivity index (χ2n) is 6.34. The van der Waals surface area contributed by atoms with Gasteiger partial charge in [0.25, 0.3) is 0 Å². The van der Waals surface area contributed by atoms with Crippen molar-refractivity contribution in [3.05, 3.63) is 61.2 Å². The molecule has 0 saturated heterocycles. The third-order valence-electron chi connectivity index (χ3n) is 4.08. The van der Waals surface area contributed by atoms with Gasteiger partial charge in [-0.1, -0.05) is 6.58 Å². The van der Waals surface area contributed by atoms with Gasteiger partial charge in [-0.25, -0.2) is 4.79 Å². The van der Waals surface area contributed by atoms with E-state index >= 15 is 0 Å². The second kappa shape index (κ2) is 8.94. The maximum Gasteiger partial charge on any atom is 0.330 e. The zero-order valence-electron chi connectivity index (χ0n) is 16.0. The minimum absolute atomic E-state index is 0.287. The topological polar surface area (TPSA) is 36.0 Å². The molecular weight excluding hydrogens is 326 g/mol. The molecule has 0 aliphatic heterocycles. The lowest BCUT2D eigenvalue weighted by molar-refractivity contribution is -0.137. The number of hydrogen-bond acceptors (Lipinski definition) is 5. The van der Waals surface area contributed by atoms with E-state index in [2.05, 4.69) is 69.8 Å². The highest BCUT2D eigenvalue weighted by Gasteiger charge is 2.11. The van der Waals surface area contributed by atoms with Gasteiger partial charge >= 0.3 is 5.97 Å². The SMILES string of the molecule is C=CC(=O)OCCN(c1ccc(N(C)C)cc1)c1ccc(N(C)C)cc1. The van der Waals surface area contributed by atoms with Gasteiger partial charge in [-0.05, 0) is 48.5 Å². The van der Waals surface area contributed by atoms with Crippen molar-refractivity contribution < 1.29 is 9.53 Å². The number of anilines is 4. The number of carbonyl (C=O) groups is 1. The fraction of sp³-hybridized carbons (Fsp3) is 0.286. The highest BCUT2D eigenvalue weighted by Crippen LogP contribution is 2.28. The number of hydrogen-bond donors (Lipinski definition) is 0. The fourth-order valence-corrected chi connectivity index (χ4v) is 2.57. The number of nitrogens with zero attached hydrogens (tertiary/aromatic N) is 3. The van der Waals surface area contributed by atoms with E-state index in [1.807, 2.05) is 28.2 Å². The first-order valence-electron chi connectivity index (χ1n) is 8.54. The molecule has 26 heavy (non-hydrogen) atoms. The van der Waals surface area contributed by atoms with Gasteiger partial charge in [0.1, 0.15) is 6.61 Å². The summed E-state index contributed by atoms with van der Waals surface area (Å²) in [6, 6.07) is 16.6. The van der Waals surface area contributed by atoms with Crippen molar-refractivity contribution in [1.29, 1.82) is 0 Å². The van der Waals surface area contributed by atoms with Crippen LogP contribution in [0.4, 0.5) is 22.7 Å². The summed E-state index contributed by atoms with van der Waals surface area (Å²) in [7, 11) is 8.06. The average Bonchev–Trinajstić information content (AvgIpc) is 2.65. The van der Waals surface area contributed by atoms with Crippen molar-refractivity contribution in [2.45, 2.75) is 0 Å². The van der Waals surface area contributed by atoms with Crippen LogP contribution in [0.2, 0.25) is 0 Å². The Balaban J connectivity index is 2.25. The molecule has 0 atom stereocenters. The van der Waals surface area contributed by atoms with Gasteiger partial charge in [-0.3, -0.25) is 0 Å². The van der Waals surface area contributed by atoms with Gasteiger partial charge < -0.3 is 19.4 Å². The van der Waals surface area contributed by atoms with Crippen LogP contribution in [0.15, 0.2) is 61.2 Å². The Morgan fingerprint density at radius 3 is 1.58 bits per heavy atom. The van der Waals surface area contributed by atoms with Crippen molar-refractivity contribution in [3.63, 3.8) is 0 Å².